The summed E-state index contributed by atoms with van der Waals surface area (Å²) < 4.78 is 13.0. The summed E-state index contributed by atoms with van der Waals surface area (Å²) in [6, 6.07) is 24.9. The molecule has 0 saturated carbocycles. The molecule has 4 rings (SSSR count). The van der Waals surface area contributed by atoms with Gasteiger partial charge in [-0.05, 0) is 36.8 Å². The fourth-order valence-electron chi connectivity index (χ4n) is 3.39. The van der Waals surface area contributed by atoms with Gasteiger partial charge in [0.05, 0.1) is 25.1 Å². The monoisotopic (exact) mass is 459 g/mol. The van der Waals surface area contributed by atoms with E-state index in [4.69, 9.17) is 9.47 Å². The third-order valence-corrected chi connectivity index (χ3v) is 6.18. The van der Waals surface area contributed by atoms with Crippen LogP contribution < -0.4 is 14.8 Å². The highest BCUT2D eigenvalue weighted by molar-refractivity contribution is 8.00. The Balaban J connectivity index is 1.65. The van der Waals surface area contributed by atoms with E-state index in [1.165, 1.54) is 11.8 Å². The predicted octanol–water partition coefficient (Wildman–Crippen LogP) is 5.75. The molecule has 1 amide bonds. The lowest BCUT2D eigenvalue weighted by Crippen LogP contribution is -2.20. The Kier molecular flexibility index (Phi) is 7.32. The van der Waals surface area contributed by atoms with Crippen molar-refractivity contribution in [3.63, 3.8) is 0 Å². The summed E-state index contributed by atoms with van der Waals surface area (Å²) in [6.07, 6.45) is 3.60. The van der Waals surface area contributed by atoms with Crippen LogP contribution in [0.2, 0.25) is 0 Å². The first-order valence-corrected chi connectivity index (χ1v) is 11.5. The molecule has 0 fully saturated rings. The maximum atomic E-state index is 13.5. The molecule has 0 aliphatic heterocycles. The van der Waals surface area contributed by atoms with Crippen LogP contribution in [0.15, 0.2) is 96.4 Å². The molecule has 1 heterocycles. The molecule has 168 valence electrons. The summed E-state index contributed by atoms with van der Waals surface area (Å²) in [5.41, 5.74) is 2.43. The number of amides is 1. The van der Waals surface area contributed by atoms with Gasteiger partial charge in [-0.3, -0.25) is 9.36 Å². The molecule has 6 nitrogen and oxygen atoms in total. The van der Waals surface area contributed by atoms with Crippen LogP contribution in [0.5, 0.6) is 11.5 Å². The number of thioether (sulfide) groups is 1. The molecule has 0 aliphatic carbocycles. The first-order valence-electron chi connectivity index (χ1n) is 10.6. The molecule has 1 aromatic heterocycles. The molecule has 0 bridgehead atoms. The fraction of sp³-hybridized carbons (Fsp3) is 0.154. The van der Waals surface area contributed by atoms with E-state index in [1.807, 2.05) is 96.6 Å². The van der Waals surface area contributed by atoms with E-state index in [2.05, 4.69) is 10.3 Å². The molecule has 0 spiro atoms. The number of nitrogens with zero attached hydrogens (tertiary/aromatic N) is 2. The molecule has 0 saturated heterocycles. The Morgan fingerprint density at radius 1 is 1.06 bits per heavy atom. The Morgan fingerprint density at radius 2 is 1.85 bits per heavy atom. The van der Waals surface area contributed by atoms with E-state index in [9.17, 15) is 4.79 Å². The zero-order chi connectivity index (χ0) is 23.0. The second-order valence-corrected chi connectivity index (χ2v) is 8.18. The third-order valence-electron chi connectivity index (χ3n) is 4.95. The van der Waals surface area contributed by atoms with Gasteiger partial charge in [-0.15, -0.1) is 0 Å². The van der Waals surface area contributed by atoms with Crippen molar-refractivity contribution in [3.05, 3.63) is 96.8 Å². The van der Waals surface area contributed by atoms with Gasteiger partial charge in [0.1, 0.15) is 16.7 Å². The van der Waals surface area contributed by atoms with Crippen molar-refractivity contribution in [3.8, 4) is 17.2 Å². The van der Waals surface area contributed by atoms with E-state index in [1.54, 1.807) is 13.3 Å². The molecule has 1 atom stereocenters. The van der Waals surface area contributed by atoms with Gasteiger partial charge < -0.3 is 14.8 Å². The normalized spacial score (nSPS) is 11.6. The number of para-hydroxylation sites is 2. The molecule has 7 heteroatoms. The summed E-state index contributed by atoms with van der Waals surface area (Å²) in [4.78, 5) is 18.0. The van der Waals surface area contributed by atoms with Crippen molar-refractivity contribution in [1.29, 1.82) is 0 Å². The summed E-state index contributed by atoms with van der Waals surface area (Å²) in [5.74, 6) is 1.24. The van der Waals surface area contributed by atoms with Crippen molar-refractivity contribution in [2.45, 2.75) is 17.3 Å². The van der Waals surface area contributed by atoms with Crippen LogP contribution in [0.4, 0.5) is 5.69 Å². The maximum Gasteiger partial charge on any atom is 0.242 e. The van der Waals surface area contributed by atoms with Crippen LogP contribution in [0.3, 0.4) is 0 Å². The number of aromatic nitrogens is 2. The first kappa shape index (κ1) is 22.5. The maximum absolute atomic E-state index is 13.5. The Labute approximate surface area is 197 Å². The van der Waals surface area contributed by atoms with Gasteiger partial charge in [-0.25, -0.2) is 4.98 Å². The largest absolute Gasteiger partial charge is 0.497 e. The molecule has 3 aromatic carbocycles. The minimum absolute atomic E-state index is 0.154. The Hall–Kier alpha value is -3.71. The number of anilines is 1. The van der Waals surface area contributed by atoms with Crippen LogP contribution in [0, 0.1) is 0 Å². The number of imidazole rings is 1. The third kappa shape index (κ3) is 5.38. The summed E-state index contributed by atoms with van der Waals surface area (Å²) >= 11 is 1.39. The number of methoxy groups -OCH3 is 1. The summed E-state index contributed by atoms with van der Waals surface area (Å²) in [5, 5.41) is 3.22. The lowest BCUT2D eigenvalue weighted by Gasteiger charge is -2.19. The average molecular weight is 460 g/mol. The molecule has 1 N–H and O–H groups in total. The van der Waals surface area contributed by atoms with Gasteiger partial charge >= 0.3 is 0 Å². The smallest absolute Gasteiger partial charge is 0.242 e. The Bertz CT molecular complexity index is 1210. The van der Waals surface area contributed by atoms with E-state index in [-0.39, 0.29) is 5.91 Å². The molecule has 33 heavy (non-hydrogen) atoms. The van der Waals surface area contributed by atoms with E-state index >= 15 is 0 Å². The zero-order valence-corrected chi connectivity index (χ0v) is 19.3. The Morgan fingerprint density at radius 3 is 2.64 bits per heavy atom. The molecule has 1 unspecified atom stereocenters. The van der Waals surface area contributed by atoms with Gasteiger partial charge in [0.25, 0.3) is 0 Å². The lowest BCUT2D eigenvalue weighted by molar-refractivity contribution is -0.115. The highest BCUT2D eigenvalue weighted by Crippen LogP contribution is 2.37. The topological polar surface area (TPSA) is 65.4 Å². The quantitative estimate of drug-likeness (QED) is 0.323. The number of hydrogen-bond acceptors (Lipinski definition) is 5. The van der Waals surface area contributed by atoms with Crippen molar-refractivity contribution >= 4 is 23.4 Å². The second kappa shape index (κ2) is 10.7. The van der Waals surface area contributed by atoms with Crippen molar-refractivity contribution in [2.24, 2.45) is 0 Å². The van der Waals surface area contributed by atoms with Crippen molar-refractivity contribution in [2.75, 3.05) is 19.0 Å². The number of nitrogens with one attached hydrogen (secondary N) is 1. The first-order chi connectivity index (χ1) is 16.2. The highest BCUT2D eigenvalue weighted by atomic mass is 32.2. The number of rotatable bonds is 9. The summed E-state index contributed by atoms with van der Waals surface area (Å²) in [6.45, 7) is 2.43. The molecular formula is C26H25N3O3S. The number of hydrogen-bond donors (Lipinski definition) is 1. The molecule has 4 aromatic rings. The molecule has 0 aliphatic rings. The zero-order valence-electron chi connectivity index (χ0n) is 18.5. The predicted molar refractivity (Wildman–Crippen MR) is 131 cm³/mol. The molecular weight excluding hydrogens is 434 g/mol. The van der Waals surface area contributed by atoms with Crippen LogP contribution in [-0.4, -0.2) is 29.2 Å². The minimum atomic E-state index is -0.521. The SMILES string of the molecule is CCOc1ccccc1NC(=O)C(Sc1nccn1-c1cccc(OC)c1)c1ccccc1. The van der Waals surface area contributed by atoms with Gasteiger partial charge in [0, 0.05) is 18.5 Å². The highest BCUT2D eigenvalue weighted by Gasteiger charge is 2.25. The van der Waals surface area contributed by atoms with Crippen molar-refractivity contribution < 1.29 is 14.3 Å². The standard InChI is InChI=1S/C26H25N3O3S/c1-3-32-23-15-8-7-14-22(23)28-25(30)24(19-10-5-4-6-11-19)33-26-27-16-17-29(26)20-12-9-13-21(18-20)31-2/h4-18,24H,3H2,1-2H3,(H,28,30). The van der Waals surface area contributed by atoms with Crippen LogP contribution in [-0.2, 0) is 4.79 Å². The number of benzene rings is 3. The van der Waals surface area contributed by atoms with E-state index < -0.39 is 5.25 Å². The van der Waals surface area contributed by atoms with Crippen LogP contribution in [0.1, 0.15) is 17.7 Å². The van der Waals surface area contributed by atoms with Crippen LogP contribution >= 0.6 is 11.8 Å². The van der Waals surface area contributed by atoms with Gasteiger partial charge in [0.15, 0.2) is 5.16 Å². The number of carbonyl (C=O) groups excluding carboxylic acids is 1. The molecule has 0 radical (unpaired) electrons. The van der Waals surface area contributed by atoms with E-state index in [0.29, 0.717) is 23.2 Å². The minimum Gasteiger partial charge on any atom is -0.497 e. The van der Waals surface area contributed by atoms with Gasteiger partial charge in [0.2, 0.25) is 5.91 Å². The fourth-order valence-corrected chi connectivity index (χ4v) is 4.46. The lowest BCUT2D eigenvalue weighted by atomic mass is 10.1. The van der Waals surface area contributed by atoms with E-state index in [0.717, 1.165) is 17.0 Å². The number of ether oxygens (including phenoxy) is 2. The second-order valence-electron chi connectivity index (χ2n) is 7.11. The summed E-state index contributed by atoms with van der Waals surface area (Å²) in [7, 11) is 1.64. The average Bonchev–Trinajstić information content (AvgIpc) is 3.33. The van der Waals surface area contributed by atoms with Crippen molar-refractivity contribution in [1.82, 2.24) is 9.55 Å². The van der Waals surface area contributed by atoms with Crippen LogP contribution in [0.25, 0.3) is 5.69 Å². The number of carbonyl (C=O) groups is 1. The van der Waals surface area contributed by atoms with Gasteiger partial charge in [-0.1, -0.05) is 60.3 Å². The van der Waals surface area contributed by atoms with Gasteiger partial charge in [-0.2, -0.15) is 0 Å².